The van der Waals surface area contributed by atoms with Gasteiger partial charge in [0.2, 0.25) is 0 Å². The monoisotopic (exact) mass is 368 g/mol. The lowest BCUT2D eigenvalue weighted by Crippen LogP contribution is -1.87. The van der Waals surface area contributed by atoms with Crippen LogP contribution in [0.4, 0.5) is 5.82 Å². The molecule has 6 heteroatoms. The van der Waals surface area contributed by atoms with Gasteiger partial charge in [0, 0.05) is 14.5 Å². The van der Waals surface area contributed by atoms with Gasteiger partial charge in [-0.05, 0) is 34.7 Å². The molecule has 4 nitrogen and oxygen atoms in total. The molecule has 0 aliphatic carbocycles. The van der Waals surface area contributed by atoms with Crippen molar-refractivity contribution >= 4 is 39.7 Å². The van der Waals surface area contributed by atoms with Crippen LogP contribution in [0.15, 0.2) is 35.8 Å². The molecule has 0 aliphatic heterocycles. The molecule has 90 valence electrons. The number of halogens is 1. The minimum Gasteiger partial charge on any atom is -0.383 e. The first-order valence-electron chi connectivity index (χ1n) is 5.25. The molecule has 2 aromatic heterocycles. The molecular weight excluding hydrogens is 359 g/mol. The average Bonchev–Trinajstić information content (AvgIpc) is 2.98. The standard InChI is InChI=1S/C12H9IN4S/c13-8-3-1-7(2-4-8)10-6-18-12(16-10)9-5-15-17-11(9)14/h1-6H,(H3,14,15,17). The maximum Gasteiger partial charge on any atom is 0.129 e. The fourth-order valence-corrected chi connectivity index (χ4v) is 2.83. The Morgan fingerprint density at radius 1 is 1.22 bits per heavy atom. The first kappa shape index (κ1) is 11.7. The van der Waals surface area contributed by atoms with Crippen LogP contribution in [0.25, 0.3) is 21.8 Å². The number of nitrogen functional groups attached to an aromatic ring is 1. The number of aromatic nitrogens is 3. The molecule has 0 spiro atoms. The van der Waals surface area contributed by atoms with Crippen molar-refractivity contribution in [1.29, 1.82) is 0 Å². The van der Waals surface area contributed by atoms with Crippen molar-refractivity contribution in [3.63, 3.8) is 0 Å². The zero-order valence-corrected chi connectivity index (χ0v) is 12.2. The first-order chi connectivity index (χ1) is 8.74. The van der Waals surface area contributed by atoms with Gasteiger partial charge in [-0.1, -0.05) is 12.1 Å². The normalized spacial score (nSPS) is 10.7. The fraction of sp³-hybridized carbons (Fsp3) is 0. The predicted octanol–water partition coefficient (Wildman–Crippen LogP) is 3.39. The number of benzene rings is 1. The third-order valence-electron chi connectivity index (χ3n) is 2.54. The molecule has 0 aliphatic rings. The molecule has 0 saturated carbocycles. The molecule has 3 N–H and O–H groups in total. The van der Waals surface area contributed by atoms with Crippen LogP contribution >= 0.6 is 33.9 Å². The maximum atomic E-state index is 5.79. The van der Waals surface area contributed by atoms with E-state index in [1.807, 2.05) is 5.38 Å². The van der Waals surface area contributed by atoms with Crippen LogP contribution in [0.3, 0.4) is 0 Å². The van der Waals surface area contributed by atoms with Crippen LogP contribution in [0.2, 0.25) is 0 Å². The summed E-state index contributed by atoms with van der Waals surface area (Å²) in [5.41, 5.74) is 8.72. The number of anilines is 1. The van der Waals surface area contributed by atoms with Crippen molar-refractivity contribution in [2.75, 3.05) is 5.73 Å². The molecule has 0 bridgehead atoms. The zero-order valence-electron chi connectivity index (χ0n) is 9.22. The van der Waals surface area contributed by atoms with E-state index in [1.165, 1.54) is 3.57 Å². The molecular formula is C12H9IN4S. The van der Waals surface area contributed by atoms with Crippen molar-refractivity contribution < 1.29 is 0 Å². The number of H-pyrrole nitrogens is 1. The summed E-state index contributed by atoms with van der Waals surface area (Å²) in [5.74, 6) is 0.554. The number of hydrogen-bond donors (Lipinski definition) is 2. The summed E-state index contributed by atoms with van der Waals surface area (Å²) in [6, 6.07) is 8.28. The van der Waals surface area contributed by atoms with Gasteiger partial charge in [-0.2, -0.15) is 5.10 Å². The SMILES string of the molecule is Nc1[nH]ncc1-c1nc(-c2ccc(I)cc2)cs1. The average molecular weight is 368 g/mol. The highest BCUT2D eigenvalue weighted by molar-refractivity contribution is 14.1. The van der Waals surface area contributed by atoms with Crippen LogP contribution in [0, 0.1) is 3.57 Å². The van der Waals surface area contributed by atoms with E-state index in [4.69, 9.17) is 5.73 Å². The van der Waals surface area contributed by atoms with Gasteiger partial charge in [-0.3, -0.25) is 5.10 Å². The van der Waals surface area contributed by atoms with Crippen molar-refractivity contribution in [1.82, 2.24) is 15.2 Å². The van der Waals surface area contributed by atoms with Crippen LogP contribution in [-0.4, -0.2) is 15.2 Å². The maximum absolute atomic E-state index is 5.79. The van der Waals surface area contributed by atoms with Crippen LogP contribution in [0.5, 0.6) is 0 Å². The second-order valence-electron chi connectivity index (χ2n) is 3.74. The Morgan fingerprint density at radius 3 is 2.67 bits per heavy atom. The van der Waals surface area contributed by atoms with E-state index in [0.29, 0.717) is 5.82 Å². The van der Waals surface area contributed by atoms with E-state index in [0.717, 1.165) is 21.8 Å². The van der Waals surface area contributed by atoms with Gasteiger partial charge in [-0.15, -0.1) is 11.3 Å². The molecule has 0 unspecified atom stereocenters. The Balaban J connectivity index is 1.99. The summed E-state index contributed by atoms with van der Waals surface area (Å²) in [4.78, 5) is 4.59. The van der Waals surface area contributed by atoms with Crippen LogP contribution in [-0.2, 0) is 0 Å². The van der Waals surface area contributed by atoms with E-state index in [2.05, 4.69) is 62.0 Å². The van der Waals surface area contributed by atoms with Crippen molar-refractivity contribution in [3.05, 3.63) is 39.4 Å². The summed E-state index contributed by atoms with van der Waals surface area (Å²) in [6.45, 7) is 0. The smallest absolute Gasteiger partial charge is 0.129 e. The predicted molar refractivity (Wildman–Crippen MR) is 82.3 cm³/mol. The molecule has 0 saturated heterocycles. The molecule has 0 radical (unpaired) electrons. The van der Waals surface area contributed by atoms with Crippen molar-refractivity contribution in [3.8, 4) is 21.8 Å². The second kappa shape index (κ2) is 4.69. The van der Waals surface area contributed by atoms with E-state index < -0.39 is 0 Å². The minimum atomic E-state index is 0.554. The third kappa shape index (κ3) is 2.13. The number of nitrogens with two attached hydrogens (primary N) is 1. The third-order valence-corrected chi connectivity index (χ3v) is 4.14. The van der Waals surface area contributed by atoms with Gasteiger partial charge in [0.1, 0.15) is 10.8 Å². The lowest BCUT2D eigenvalue weighted by Gasteiger charge is -1.96. The molecule has 0 amide bonds. The van der Waals surface area contributed by atoms with Gasteiger partial charge in [0.15, 0.2) is 0 Å². The van der Waals surface area contributed by atoms with Crippen molar-refractivity contribution in [2.45, 2.75) is 0 Å². The van der Waals surface area contributed by atoms with E-state index in [-0.39, 0.29) is 0 Å². The minimum absolute atomic E-state index is 0.554. The Morgan fingerprint density at radius 2 is 2.00 bits per heavy atom. The molecule has 18 heavy (non-hydrogen) atoms. The van der Waals surface area contributed by atoms with E-state index >= 15 is 0 Å². The number of nitrogens with one attached hydrogen (secondary N) is 1. The van der Waals surface area contributed by atoms with Gasteiger partial charge < -0.3 is 5.73 Å². The number of aromatic amines is 1. The Hall–Kier alpha value is -1.41. The first-order valence-corrected chi connectivity index (χ1v) is 7.20. The fourth-order valence-electron chi connectivity index (χ4n) is 1.62. The lowest BCUT2D eigenvalue weighted by atomic mass is 10.2. The molecule has 0 atom stereocenters. The van der Waals surface area contributed by atoms with Crippen LogP contribution in [0.1, 0.15) is 0 Å². The Kier molecular flexibility index (Phi) is 3.04. The molecule has 0 fully saturated rings. The summed E-state index contributed by atoms with van der Waals surface area (Å²) >= 11 is 3.85. The summed E-state index contributed by atoms with van der Waals surface area (Å²) < 4.78 is 1.21. The lowest BCUT2D eigenvalue weighted by molar-refractivity contribution is 1.10. The quantitative estimate of drug-likeness (QED) is 0.682. The summed E-state index contributed by atoms with van der Waals surface area (Å²) in [5, 5.41) is 9.54. The zero-order chi connectivity index (χ0) is 12.5. The highest BCUT2D eigenvalue weighted by Gasteiger charge is 2.10. The largest absolute Gasteiger partial charge is 0.383 e. The number of rotatable bonds is 2. The van der Waals surface area contributed by atoms with E-state index in [1.54, 1.807) is 17.5 Å². The summed E-state index contributed by atoms with van der Waals surface area (Å²) in [6.07, 6.45) is 1.70. The molecule has 3 rings (SSSR count). The van der Waals surface area contributed by atoms with Gasteiger partial charge in [-0.25, -0.2) is 4.98 Å². The highest BCUT2D eigenvalue weighted by Crippen LogP contribution is 2.31. The van der Waals surface area contributed by atoms with Gasteiger partial charge in [0.05, 0.1) is 17.5 Å². The second-order valence-corrected chi connectivity index (χ2v) is 5.85. The number of hydrogen-bond acceptors (Lipinski definition) is 4. The number of nitrogens with zero attached hydrogens (tertiary/aromatic N) is 2. The summed E-state index contributed by atoms with van der Waals surface area (Å²) in [7, 11) is 0. The molecule has 2 heterocycles. The molecule has 3 aromatic rings. The Labute approximate surface area is 121 Å². The topological polar surface area (TPSA) is 67.6 Å². The molecule has 1 aromatic carbocycles. The van der Waals surface area contributed by atoms with E-state index in [9.17, 15) is 0 Å². The highest BCUT2D eigenvalue weighted by atomic mass is 127. The van der Waals surface area contributed by atoms with Crippen molar-refractivity contribution in [2.24, 2.45) is 0 Å². The number of thiazole rings is 1. The van der Waals surface area contributed by atoms with Crippen LogP contribution < -0.4 is 5.73 Å². The van der Waals surface area contributed by atoms with Gasteiger partial charge in [0.25, 0.3) is 0 Å². The Bertz CT molecular complexity index is 671. The van der Waals surface area contributed by atoms with Gasteiger partial charge >= 0.3 is 0 Å².